The third kappa shape index (κ3) is 4.45. The van der Waals surface area contributed by atoms with Gasteiger partial charge in [0.1, 0.15) is 0 Å². The van der Waals surface area contributed by atoms with Gasteiger partial charge in [0.25, 0.3) is 0 Å². The standard InChI is InChI=1S/C15H29N3/c1-6-13-10-15(18(7-2)17-13)11-14(16-5)9-8-12(3)4/h10,12,14,16H,6-9,11H2,1-5H3. The molecule has 0 fully saturated rings. The summed E-state index contributed by atoms with van der Waals surface area (Å²) in [6, 6.07) is 2.84. The van der Waals surface area contributed by atoms with E-state index in [9.17, 15) is 0 Å². The van der Waals surface area contributed by atoms with Gasteiger partial charge >= 0.3 is 0 Å². The molecule has 3 heteroatoms. The van der Waals surface area contributed by atoms with Gasteiger partial charge in [0.05, 0.1) is 5.69 Å². The van der Waals surface area contributed by atoms with Gasteiger partial charge in [-0.25, -0.2) is 0 Å². The number of likely N-dealkylation sites (N-methyl/N-ethyl adjacent to an activating group) is 1. The van der Waals surface area contributed by atoms with Crippen LogP contribution >= 0.6 is 0 Å². The van der Waals surface area contributed by atoms with Gasteiger partial charge in [-0.3, -0.25) is 4.68 Å². The zero-order valence-corrected chi connectivity index (χ0v) is 12.7. The average molecular weight is 251 g/mol. The Balaban J connectivity index is 2.65. The van der Waals surface area contributed by atoms with Crippen LogP contribution in [0.2, 0.25) is 0 Å². The lowest BCUT2D eigenvalue weighted by atomic mass is 10.00. The first-order valence-corrected chi connectivity index (χ1v) is 7.33. The molecule has 104 valence electrons. The first-order chi connectivity index (χ1) is 8.60. The minimum absolute atomic E-state index is 0.569. The van der Waals surface area contributed by atoms with Crippen molar-refractivity contribution in [3.63, 3.8) is 0 Å². The fourth-order valence-corrected chi connectivity index (χ4v) is 2.26. The Morgan fingerprint density at radius 1 is 1.28 bits per heavy atom. The van der Waals surface area contributed by atoms with E-state index >= 15 is 0 Å². The molecular formula is C15H29N3. The molecule has 1 rings (SSSR count). The molecule has 0 saturated heterocycles. The summed E-state index contributed by atoms with van der Waals surface area (Å²) in [5.74, 6) is 0.781. The van der Waals surface area contributed by atoms with Crippen molar-refractivity contribution >= 4 is 0 Å². The molecule has 3 nitrogen and oxygen atoms in total. The third-order valence-corrected chi connectivity index (χ3v) is 3.53. The van der Waals surface area contributed by atoms with Crippen molar-refractivity contribution in [3.8, 4) is 0 Å². The molecule has 1 atom stereocenters. The summed E-state index contributed by atoms with van der Waals surface area (Å²) in [7, 11) is 2.07. The van der Waals surface area contributed by atoms with Gasteiger partial charge < -0.3 is 5.32 Å². The summed E-state index contributed by atoms with van der Waals surface area (Å²) in [6.45, 7) is 9.88. The fourth-order valence-electron chi connectivity index (χ4n) is 2.26. The smallest absolute Gasteiger partial charge is 0.0624 e. The van der Waals surface area contributed by atoms with Crippen LogP contribution in [-0.4, -0.2) is 22.9 Å². The van der Waals surface area contributed by atoms with Crippen molar-refractivity contribution < 1.29 is 0 Å². The third-order valence-electron chi connectivity index (χ3n) is 3.53. The van der Waals surface area contributed by atoms with Crippen LogP contribution in [0.4, 0.5) is 0 Å². The van der Waals surface area contributed by atoms with E-state index in [-0.39, 0.29) is 0 Å². The molecular weight excluding hydrogens is 222 g/mol. The van der Waals surface area contributed by atoms with Crippen molar-refractivity contribution in [3.05, 3.63) is 17.5 Å². The quantitative estimate of drug-likeness (QED) is 0.769. The Morgan fingerprint density at radius 2 is 2.00 bits per heavy atom. The highest BCUT2D eigenvalue weighted by molar-refractivity contribution is 5.12. The number of aryl methyl sites for hydroxylation is 2. The highest BCUT2D eigenvalue weighted by Crippen LogP contribution is 2.13. The molecule has 1 heterocycles. The second-order valence-electron chi connectivity index (χ2n) is 5.46. The van der Waals surface area contributed by atoms with E-state index in [2.05, 4.69) is 55.9 Å². The zero-order chi connectivity index (χ0) is 13.5. The number of nitrogens with zero attached hydrogens (tertiary/aromatic N) is 2. The number of nitrogens with one attached hydrogen (secondary N) is 1. The second-order valence-corrected chi connectivity index (χ2v) is 5.46. The van der Waals surface area contributed by atoms with Crippen LogP contribution in [0.25, 0.3) is 0 Å². The molecule has 1 aromatic rings. The summed E-state index contributed by atoms with van der Waals surface area (Å²) in [5, 5.41) is 8.06. The summed E-state index contributed by atoms with van der Waals surface area (Å²) in [4.78, 5) is 0. The van der Waals surface area contributed by atoms with Crippen molar-refractivity contribution in [2.45, 2.75) is 66.0 Å². The van der Waals surface area contributed by atoms with Gasteiger partial charge in [-0.2, -0.15) is 5.10 Å². The molecule has 0 bridgehead atoms. The van der Waals surface area contributed by atoms with Crippen LogP contribution in [-0.2, 0) is 19.4 Å². The maximum atomic E-state index is 4.62. The highest BCUT2D eigenvalue weighted by atomic mass is 15.3. The maximum absolute atomic E-state index is 4.62. The van der Waals surface area contributed by atoms with E-state index in [0.717, 1.165) is 25.3 Å². The van der Waals surface area contributed by atoms with Crippen molar-refractivity contribution in [2.24, 2.45) is 5.92 Å². The first kappa shape index (κ1) is 15.2. The van der Waals surface area contributed by atoms with E-state index < -0.39 is 0 Å². The average Bonchev–Trinajstić information content (AvgIpc) is 2.76. The lowest BCUT2D eigenvalue weighted by molar-refractivity contribution is 0.439. The monoisotopic (exact) mass is 251 g/mol. The molecule has 0 aromatic carbocycles. The molecule has 1 N–H and O–H groups in total. The van der Waals surface area contributed by atoms with Crippen LogP contribution in [0.15, 0.2) is 6.07 Å². The predicted molar refractivity (Wildman–Crippen MR) is 77.9 cm³/mol. The van der Waals surface area contributed by atoms with E-state index in [1.807, 2.05) is 0 Å². The topological polar surface area (TPSA) is 29.9 Å². The number of aromatic nitrogens is 2. The minimum Gasteiger partial charge on any atom is -0.317 e. The molecule has 18 heavy (non-hydrogen) atoms. The van der Waals surface area contributed by atoms with Crippen LogP contribution in [0, 0.1) is 5.92 Å². The normalized spacial score (nSPS) is 13.2. The largest absolute Gasteiger partial charge is 0.317 e. The van der Waals surface area contributed by atoms with Gasteiger partial charge in [0, 0.05) is 24.7 Å². The molecule has 0 aliphatic rings. The highest BCUT2D eigenvalue weighted by Gasteiger charge is 2.12. The van der Waals surface area contributed by atoms with Gasteiger partial charge in [0.15, 0.2) is 0 Å². The summed E-state index contributed by atoms with van der Waals surface area (Å²) >= 11 is 0. The van der Waals surface area contributed by atoms with Gasteiger partial charge in [-0.05, 0) is 45.2 Å². The molecule has 0 amide bonds. The fraction of sp³-hybridized carbons (Fsp3) is 0.800. The summed E-state index contributed by atoms with van der Waals surface area (Å²) in [6.07, 6.45) is 4.64. The van der Waals surface area contributed by atoms with E-state index in [4.69, 9.17) is 0 Å². The number of hydrogen-bond donors (Lipinski definition) is 1. The second kappa shape index (κ2) is 7.57. The van der Waals surface area contributed by atoms with Crippen LogP contribution in [0.3, 0.4) is 0 Å². The van der Waals surface area contributed by atoms with Crippen LogP contribution < -0.4 is 5.32 Å². The van der Waals surface area contributed by atoms with Gasteiger partial charge in [0.2, 0.25) is 0 Å². The summed E-state index contributed by atoms with van der Waals surface area (Å²) < 4.78 is 2.15. The van der Waals surface area contributed by atoms with Crippen molar-refractivity contribution in [1.82, 2.24) is 15.1 Å². The molecule has 1 aromatic heterocycles. The van der Waals surface area contributed by atoms with Crippen molar-refractivity contribution in [2.75, 3.05) is 7.05 Å². The lowest BCUT2D eigenvalue weighted by Gasteiger charge is -2.17. The van der Waals surface area contributed by atoms with Crippen LogP contribution in [0.5, 0.6) is 0 Å². The first-order valence-electron chi connectivity index (χ1n) is 7.33. The van der Waals surface area contributed by atoms with E-state index in [0.29, 0.717) is 6.04 Å². The van der Waals surface area contributed by atoms with Gasteiger partial charge in [-0.15, -0.1) is 0 Å². The number of rotatable bonds is 8. The molecule has 1 unspecified atom stereocenters. The Hall–Kier alpha value is -0.830. The SMILES string of the molecule is CCc1cc(CC(CCC(C)C)NC)n(CC)n1. The molecule has 0 spiro atoms. The van der Waals surface area contributed by atoms with Crippen LogP contribution in [0.1, 0.15) is 51.9 Å². The number of hydrogen-bond acceptors (Lipinski definition) is 2. The minimum atomic E-state index is 0.569. The maximum Gasteiger partial charge on any atom is 0.0624 e. The molecule has 0 aliphatic heterocycles. The Bertz CT molecular complexity index is 342. The Labute approximate surface area is 112 Å². The Kier molecular flexibility index (Phi) is 6.41. The zero-order valence-electron chi connectivity index (χ0n) is 12.7. The van der Waals surface area contributed by atoms with E-state index in [1.165, 1.54) is 24.2 Å². The Morgan fingerprint density at radius 3 is 2.50 bits per heavy atom. The lowest BCUT2D eigenvalue weighted by Crippen LogP contribution is -2.29. The predicted octanol–water partition coefficient (Wildman–Crippen LogP) is 3.03. The van der Waals surface area contributed by atoms with Crippen molar-refractivity contribution in [1.29, 1.82) is 0 Å². The molecule has 0 saturated carbocycles. The van der Waals surface area contributed by atoms with E-state index in [1.54, 1.807) is 0 Å². The van der Waals surface area contributed by atoms with Gasteiger partial charge in [-0.1, -0.05) is 20.8 Å². The molecule has 0 aliphatic carbocycles. The summed E-state index contributed by atoms with van der Waals surface area (Å²) in [5.41, 5.74) is 2.59. The molecule has 0 radical (unpaired) electrons.